The first-order valence-electron chi connectivity index (χ1n) is 5.17. The molecule has 0 aromatic carbocycles. The Morgan fingerprint density at radius 3 is 2.87 bits per heavy atom. The molecular weight excluding hydrogens is 194 g/mol. The summed E-state index contributed by atoms with van der Waals surface area (Å²) in [6.45, 7) is 0. The number of pyridine rings is 1. The van der Waals surface area contributed by atoms with Crippen LogP contribution >= 0.6 is 0 Å². The lowest BCUT2D eigenvalue weighted by Crippen LogP contribution is -2.21. The molecular formula is C11H11NO3. The summed E-state index contributed by atoms with van der Waals surface area (Å²) in [4.78, 5) is 25.0. The summed E-state index contributed by atoms with van der Waals surface area (Å²) in [5.41, 5.74) is 1.46. The molecule has 78 valence electrons. The fraction of sp³-hybridized carbons (Fsp3) is 0.455. The van der Waals surface area contributed by atoms with E-state index in [9.17, 15) is 9.59 Å². The van der Waals surface area contributed by atoms with Gasteiger partial charge in [-0.3, -0.25) is 4.79 Å². The summed E-state index contributed by atoms with van der Waals surface area (Å²) in [5.74, 6) is -0.206. The van der Waals surface area contributed by atoms with Crippen LogP contribution in [0.4, 0.5) is 0 Å². The highest BCUT2D eigenvalue weighted by Crippen LogP contribution is 2.51. The average molecular weight is 205 g/mol. The molecule has 2 aliphatic carbocycles. The number of H-pyrrole nitrogens is 1. The van der Waals surface area contributed by atoms with Gasteiger partial charge in [0.15, 0.2) is 0 Å². The maximum absolute atomic E-state index is 11.5. The number of carboxylic acid groups (broad SMARTS) is 1. The molecule has 1 saturated carbocycles. The highest BCUT2D eigenvalue weighted by Gasteiger charge is 2.38. The number of carboxylic acids is 1. The summed E-state index contributed by atoms with van der Waals surface area (Å²) < 4.78 is 0. The minimum Gasteiger partial charge on any atom is -0.477 e. The number of carbonyl (C=O) groups is 1. The third kappa shape index (κ3) is 1.07. The van der Waals surface area contributed by atoms with Crippen molar-refractivity contribution in [1.29, 1.82) is 0 Å². The average Bonchev–Trinajstić information content (AvgIpc) is 2.76. The third-order valence-electron chi connectivity index (χ3n) is 3.61. The molecule has 2 bridgehead atoms. The van der Waals surface area contributed by atoms with E-state index in [0.717, 1.165) is 30.5 Å². The molecule has 0 amide bonds. The zero-order valence-electron chi connectivity index (χ0n) is 8.12. The summed E-state index contributed by atoms with van der Waals surface area (Å²) >= 11 is 0. The Balaban J connectivity index is 2.23. The number of fused-ring (bicyclic) bond motifs is 5. The van der Waals surface area contributed by atoms with Gasteiger partial charge >= 0.3 is 5.97 Å². The van der Waals surface area contributed by atoms with Gasteiger partial charge in [-0.2, -0.15) is 0 Å². The minimum atomic E-state index is -1.14. The summed E-state index contributed by atoms with van der Waals surface area (Å²) in [6, 6.07) is 1.57. The lowest BCUT2D eigenvalue weighted by Gasteiger charge is -2.14. The van der Waals surface area contributed by atoms with E-state index >= 15 is 0 Å². The summed E-state index contributed by atoms with van der Waals surface area (Å²) in [5, 5.41) is 8.85. The van der Waals surface area contributed by atoms with Crippen LogP contribution in [0.2, 0.25) is 0 Å². The fourth-order valence-electron chi connectivity index (χ4n) is 2.92. The van der Waals surface area contributed by atoms with Crippen LogP contribution in [0.3, 0.4) is 0 Å². The SMILES string of the molecule is O=C(O)c1cc2c([nH]c1=O)C1CCC2C1. The molecule has 4 nitrogen and oxygen atoms in total. The molecule has 0 saturated heterocycles. The van der Waals surface area contributed by atoms with Gasteiger partial charge in [-0.25, -0.2) is 4.79 Å². The van der Waals surface area contributed by atoms with Crippen molar-refractivity contribution in [3.05, 3.63) is 33.2 Å². The van der Waals surface area contributed by atoms with E-state index in [1.54, 1.807) is 6.07 Å². The van der Waals surface area contributed by atoms with Crippen molar-refractivity contribution in [2.45, 2.75) is 31.1 Å². The third-order valence-corrected chi connectivity index (χ3v) is 3.61. The molecule has 1 aromatic rings. The molecule has 4 heteroatoms. The summed E-state index contributed by atoms with van der Waals surface area (Å²) in [7, 11) is 0. The smallest absolute Gasteiger partial charge is 0.341 e. The Labute approximate surface area is 85.9 Å². The normalized spacial score (nSPS) is 26.7. The van der Waals surface area contributed by atoms with E-state index in [-0.39, 0.29) is 5.56 Å². The first kappa shape index (κ1) is 8.71. The Morgan fingerprint density at radius 1 is 1.40 bits per heavy atom. The number of hydrogen-bond donors (Lipinski definition) is 2. The molecule has 15 heavy (non-hydrogen) atoms. The Kier molecular flexibility index (Phi) is 1.58. The van der Waals surface area contributed by atoms with Crippen LogP contribution in [-0.4, -0.2) is 16.1 Å². The molecule has 2 unspecified atom stereocenters. The van der Waals surface area contributed by atoms with Crippen LogP contribution in [0.5, 0.6) is 0 Å². The van der Waals surface area contributed by atoms with Gasteiger partial charge < -0.3 is 10.1 Å². The largest absolute Gasteiger partial charge is 0.477 e. The van der Waals surface area contributed by atoms with Crippen LogP contribution in [0, 0.1) is 0 Å². The molecule has 2 atom stereocenters. The van der Waals surface area contributed by atoms with E-state index < -0.39 is 11.5 Å². The number of aromatic nitrogens is 1. The molecule has 0 aliphatic heterocycles. The van der Waals surface area contributed by atoms with Gasteiger partial charge in [-0.15, -0.1) is 0 Å². The van der Waals surface area contributed by atoms with Crippen LogP contribution in [0.25, 0.3) is 0 Å². The molecule has 3 rings (SSSR count). The van der Waals surface area contributed by atoms with Crippen LogP contribution in [0.15, 0.2) is 10.9 Å². The monoisotopic (exact) mass is 205 g/mol. The van der Waals surface area contributed by atoms with E-state index in [0.29, 0.717) is 11.8 Å². The van der Waals surface area contributed by atoms with Crippen molar-refractivity contribution in [3.8, 4) is 0 Å². The fourth-order valence-corrected chi connectivity index (χ4v) is 2.92. The molecule has 1 aromatic heterocycles. The molecule has 1 fully saturated rings. The zero-order chi connectivity index (χ0) is 10.6. The predicted octanol–water partition coefficient (Wildman–Crippen LogP) is 1.44. The van der Waals surface area contributed by atoms with Gasteiger partial charge in [0.1, 0.15) is 5.56 Å². The topological polar surface area (TPSA) is 70.2 Å². The van der Waals surface area contributed by atoms with Gasteiger partial charge in [0.25, 0.3) is 5.56 Å². The Hall–Kier alpha value is -1.58. The first-order valence-corrected chi connectivity index (χ1v) is 5.17. The number of rotatable bonds is 1. The molecule has 0 radical (unpaired) electrons. The standard InChI is InChI=1S/C11H11NO3/c13-10-8(11(14)15)4-7-5-1-2-6(3-5)9(7)12-10/h4-6H,1-3H2,(H,12,13)(H,14,15). The molecule has 1 heterocycles. The van der Waals surface area contributed by atoms with Crippen molar-refractivity contribution in [3.63, 3.8) is 0 Å². The van der Waals surface area contributed by atoms with Crippen molar-refractivity contribution in [1.82, 2.24) is 4.98 Å². The van der Waals surface area contributed by atoms with Crippen LogP contribution in [0.1, 0.15) is 52.7 Å². The van der Waals surface area contributed by atoms with Gasteiger partial charge in [0.05, 0.1) is 0 Å². The Bertz CT molecular complexity index is 503. The first-order chi connectivity index (χ1) is 7.16. The quantitative estimate of drug-likeness (QED) is 0.728. The molecule has 2 aliphatic rings. The van der Waals surface area contributed by atoms with Crippen molar-refractivity contribution in [2.75, 3.05) is 0 Å². The van der Waals surface area contributed by atoms with E-state index in [4.69, 9.17) is 5.11 Å². The molecule has 0 spiro atoms. The van der Waals surface area contributed by atoms with Gasteiger partial charge in [0.2, 0.25) is 0 Å². The number of aromatic carboxylic acids is 1. The van der Waals surface area contributed by atoms with E-state index in [2.05, 4.69) is 4.98 Å². The lowest BCUT2D eigenvalue weighted by molar-refractivity contribution is 0.0694. The second kappa shape index (κ2) is 2.72. The minimum absolute atomic E-state index is 0.124. The van der Waals surface area contributed by atoms with Crippen LogP contribution in [-0.2, 0) is 0 Å². The second-order valence-corrected chi connectivity index (χ2v) is 4.39. The van der Waals surface area contributed by atoms with Gasteiger partial charge in [-0.05, 0) is 42.7 Å². The van der Waals surface area contributed by atoms with Crippen molar-refractivity contribution in [2.24, 2.45) is 0 Å². The van der Waals surface area contributed by atoms with E-state index in [1.165, 1.54) is 0 Å². The van der Waals surface area contributed by atoms with Crippen molar-refractivity contribution >= 4 is 5.97 Å². The highest BCUT2D eigenvalue weighted by atomic mass is 16.4. The zero-order valence-corrected chi connectivity index (χ0v) is 8.12. The van der Waals surface area contributed by atoms with Gasteiger partial charge in [-0.1, -0.05) is 0 Å². The second-order valence-electron chi connectivity index (χ2n) is 4.39. The maximum Gasteiger partial charge on any atom is 0.341 e. The Morgan fingerprint density at radius 2 is 2.13 bits per heavy atom. The molecule has 2 N–H and O–H groups in total. The predicted molar refractivity (Wildman–Crippen MR) is 53.4 cm³/mol. The number of hydrogen-bond acceptors (Lipinski definition) is 2. The lowest BCUT2D eigenvalue weighted by atomic mass is 9.95. The van der Waals surface area contributed by atoms with Crippen LogP contribution < -0.4 is 5.56 Å². The van der Waals surface area contributed by atoms with Gasteiger partial charge in [0, 0.05) is 5.69 Å². The highest BCUT2D eigenvalue weighted by molar-refractivity contribution is 5.87. The number of aromatic amines is 1. The van der Waals surface area contributed by atoms with E-state index in [1.807, 2.05) is 0 Å². The maximum atomic E-state index is 11.5. The number of nitrogens with one attached hydrogen (secondary N) is 1. The van der Waals surface area contributed by atoms with Crippen molar-refractivity contribution < 1.29 is 9.90 Å². The summed E-state index contributed by atoms with van der Waals surface area (Å²) in [6.07, 6.45) is 3.33.